The first-order chi connectivity index (χ1) is 14.7. The summed E-state index contributed by atoms with van der Waals surface area (Å²) in [6.45, 7) is 0. The molecule has 4 rings (SSSR count). The Hall–Kier alpha value is -1.28. The minimum atomic E-state index is -3.81. The van der Waals surface area contributed by atoms with E-state index in [4.69, 9.17) is 46.4 Å². The Bertz CT molecular complexity index is 1230. The van der Waals surface area contributed by atoms with Crippen LogP contribution in [-0.2, 0) is 10.0 Å². The second-order valence-electron chi connectivity index (χ2n) is 7.53. The van der Waals surface area contributed by atoms with Gasteiger partial charge in [-0.25, -0.2) is 13.1 Å². The summed E-state index contributed by atoms with van der Waals surface area (Å²) >= 11 is 24.0. The van der Waals surface area contributed by atoms with Gasteiger partial charge in [0.15, 0.2) is 0 Å². The molecule has 1 saturated carbocycles. The van der Waals surface area contributed by atoms with E-state index in [0.29, 0.717) is 17.9 Å². The summed E-state index contributed by atoms with van der Waals surface area (Å²) in [6.07, 6.45) is 4.79. The molecular weight excluding hydrogens is 500 g/mol. The number of rotatable bonds is 5. The maximum Gasteiger partial charge on any atom is 0.242 e. The maximum atomic E-state index is 12.8. The van der Waals surface area contributed by atoms with Gasteiger partial charge in [0.2, 0.25) is 10.0 Å². The Morgan fingerprint density at radius 2 is 1.52 bits per heavy atom. The first-order valence-corrected chi connectivity index (χ1v) is 12.7. The third kappa shape index (κ3) is 5.21. The maximum absolute atomic E-state index is 12.8. The van der Waals surface area contributed by atoms with Gasteiger partial charge in [-0.3, -0.25) is 4.98 Å². The molecule has 2 aromatic carbocycles. The van der Waals surface area contributed by atoms with Gasteiger partial charge >= 0.3 is 0 Å². The van der Waals surface area contributed by atoms with Gasteiger partial charge in [-0.15, -0.1) is 0 Å². The van der Waals surface area contributed by atoms with Crippen LogP contribution in [0.4, 0.5) is 5.69 Å². The van der Waals surface area contributed by atoms with Crippen molar-refractivity contribution in [3.8, 4) is 0 Å². The van der Waals surface area contributed by atoms with E-state index in [1.807, 2.05) is 24.3 Å². The minimum Gasteiger partial charge on any atom is -0.382 e. The molecule has 0 unspecified atom stereocenters. The van der Waals surface area contributed by atoms with Gasteiger partial charge in [-0.2, -0.15) is 0 Å². The van der Waals surface area contributed by atoms with Crippen LogP contribution in [0.2, 0.25) is 20.1 Å². The number of nitrogens with zero attached hydrogens (tertiary/aromatic N) is 1. The number of aromatic nitrogens is 1. The smallest absolute Gasteiger partial charge is 0.242 e. The number of halogens is 4. The van der Waals surface area contributed by atoms with E-state index in [1.165, 1.54) is 12.1 Å². The van der Waals surface area contributed by atoms with Gasteiger partial charge in [0.1, 0.15) is 4.90 Å². The number of pyridine rings is 1. The highest BCUT2D eigenvalue weighted by atomic mass is 35.5. The zero-order chi connectivity index (χ0) is 22.2. The van der Waals surface area contributed by atoms with E-state index >= 15 is 0 Å². The third-order valence-corrected chi connectivity index (χ3v) is 8.32. The van der Waals surface area contributed by atoms with Crippen LogP contribution in [0, 0.1) is 0 Å². The van der Waals surface area contributed by atoms with Crippen molar-refractivity contribution in [1.82, 2.24) is 9.71 Å². The molecule has 0 spiro atoms. The molecular formula is C21H19Cl4N3O2S. The molecule has 0 saturated heterocycles. The fourth-order valence-corrected chi connectivity index (χ4v) is 6.29. The molecule has 1 aliphatic rings. The quantitative estimate of drug-likeness (QED) is 0.375. The molecule has 10 heteroatoms. The molecule has 0 atom stereocenters. The van der Waals surface area contributed by atoms with Crippen LogP contribution in [0.25, 0.3) is 10.9 Å². The van der Waals surface area contributed by atoms with E-state index in [9.17, 15) is 8.42 Å². The molecule has 31 heavy (non-hydrogen) atoms. The molecule has 0 radical (unpaired) electrons. The summed E-state index contributed by atoms with van der Waals surface area (Å²) in [5, 5.41) is 5.62. The summed E-state index contributed by atoms with van der Waals surface area (Å²) in [4.78, 5) is 4.30. The molecule has 0 bridgehead atoms. The van der Waals surface area contributed by atoms with E-state index in [2.05, 4.69) is 15.0 Å². The number of nitrogens with one attached hydrogen (secondary N) is 2. The predicted octanol–water partition coefficient (Wildman–Crippen LogP) is 6.55. The zero-order valence-electron chi connectivity index (χ0n) is 16.2. The standard InChI is InChI=1S/C21H19Cl4N3O2S/c22-12-1-6-15-19(7-8-26-20(15)9-12)27-13-2-4-14(5-3-13)28-31(29,30)21-11-17(24)16(23)10-18(21)25/h1,6-11,13-14,28H,2-5H2,(H,26,27)/t13-,14+. The van der Waals surface area contributed by atoms with Crippen LogP contribution >= 0.6 is 46.4 Å². The predicted molar refractivity (Wildman–Crippen MR) is 128 cm³/mol. The minimum absolute atomic E-state index is 0.0434. The van der Waals surface area contributed by atoms with E-state index in [0.717, 1.165) is 29.4 Å². The van der Waals surface area contributed by atoms with Crippen LogP contribution in [-0.4, -0.2) is 25.5 Å². The average Bonchev–Trinajstić information content (AvgIpc) is 2.72. The summed E-state index contributed by atoms with van der Waals surface area (Å²) in [6, 6.07) is 10.2. The molecule has 0 aliphatic heterocycles. The van der Waals surface area contributed by atoms with E-state index in [-0.39, 0.29) is 32.0 Å². The molecule has 0 amide bonds. The molecule has 1 heterocycles. The van der Waals surface area contributed by atoms with Crippen LogP contribution in [0.15, 0.2) is 47.5 Å². The molecule has 2 N–H and O–H groups in total. The molecule has 3 aromatic rings. The SMILES string of the molecule is O=S(=O)(N[C@H]1CC[C@@H](Nc2ccnc3cc(Cl)ccc23)CC1)c1cc(Cl)c(Cl)cc1Cl. The molecule has 164 valence electrons. The van der Waals surface area contributed by atoms with Gasteiger partial charge in [0, 0.05) is 34.4 Å². The highest BCUT2D eigenvalue weighted by Crippen LogP contribution is 2.33. The van der Waals surface area contributed by atoms with Crippen molar-refractivity contribution in [2.45, 2.75) is 42.7 Å². The van der Waals surface area contributed by atoms with Crippen molar-refractivity contribution >= 4 is 73.0 Å². The summed E-state index contributed by atoms with van der Waals surface area (Å²) in [5.74, 6) is 0. The first-order valence-electron chi connectivity index (χ1n) is 9.70. The molecule has 1 aliphatic carbocycles. The Morgan fingerprint density at radius 1 is 0.839 bits per heavy atom. The second-order valence-corrected chi connectivity index (χ2v) is 10.9. The third-order valence-electron chi connectivity index (χ3n) is 5.38. The lowest BCUT2D eigenvalue weighted by Gasteiger charge is -2.30. The van der Waals surface area contributed by atoms with Gasteiger partial charge < -0.3 is 5.32 Å². The fourth-order valence-electron chi connectivity index (χ4n) is 3.82. The van der Waals surface area contributed by atoms with Crippen LogP contribution in [0.3, 0.4) is 0 Å². The van der Waals surface area contributed by atoms with Crippen molar-refractivity contribution in [3.05, 3.63) is 62.7 Å². The lowest BCUT2D eigenvalue weighted by atomic mass is 9.91. The number of benzene rings is 2. The second kappa shape index (κ2) is 9.30. The zero-order valence-corrected chi connectivity index (χ0v) is 20.0. The van der Waals surface area contributed by atoms with E-state index in [1.54, 1.807) is 6.20 Å². The van der Waals surface area contributed by atoms with Crippen LogP contribution in [0.1, 0.15) is 25.7 Å². The van der Waals surface area contributed by atoms with Crippen molar-refractivity contribution in [2.75, 3.05) is 5.32 Å². The monoisotopic (exact) mass is 517 g/mol. The van der Waals surface area contributed by atoms with Gasteiger partial charge in [-0.1, -0.05) is 46.4 Å². The van der Waals surface area contributed by atoms with Crippen LogP contribution < -0.4 is 10.0 Å². The Labute approximate surface area is 201 Å². The number of hydrogen-bond acceptors (Lipinski definition) is 4. The lowest BCUT2D eigenvalue weighted by molar-refractivity contribution is 0.387. The van der Waals surface area contributed by atoms with Crippen molar-refractivity contribution < 1.29 is 8.42 Å². The summed E-state index contributed by atoms with van der Waals surface area (Å²) in [7, 11) is -3.81. The summed E-state index contributed by atoms with van der Waals surface area (Å²) < 4.78 is 28.4. The average molecular weight is 519 g/mol. The Kier molecular flexibility index (Phi) is 6.87. The normalized spacial score (nSPS) is 19.5. The van der Waals surface area contributed by atoms with Gasteiger partial charge in [-0.05, 0) is 62.1 Å². The fraction of sp³-hybridized carbons (Fsp3) is 0.286. The molecule has 1 aromatic heterocycles. The van der Waals surface area contributed by atoms with Gasteiger partial charge in [0.25, 0.3) is 0 Å². The Morgan fingerprint density at radius 3 is 2.26 bits per heavy atom. The number of anilines is 1. The van der Waals surface area contributed by atoms with Gasteiger partial charge in [0.05, 0.1) is 20.6 Å². The first kappa shape index (κ1) is 22.9. The van der Waals surface area contributed by atoms with E-state index < -0.39 is 10.0 Å². The molecule has 5 nitrogen and oxygen atoms in total. The number of hydrogen-bond donors (Lipinski definition) is 2. The lowest BCUT2D eigenvalue weighted by Crippen LogP contribution is -2.40. The van der Waals surface area contributed by atoms with Crippen molar-refractivity contribution in [3.63, 3.8) is 0 Å². The Balaban J connectivity index is 1.41. The number of sulfonamides is 1. The topological polar surface area (TPSA) is 71.1 Å². The largest absolute Gasteiger partial charge is 0.382 e. The number of fused-ring (bicyclic) bond motifs is 1. The summed E-state index contributed by atoms with van der Waals surface area (Å²) in [5.41, 5.74) is 1.82. The van der Waals surface area contributed by atoms with Crippen molar-refractivity contribution in [1.29, 1.82) is 0 Å². The van der Waals surface area contributed by atoms with Crippen LogP contribution in [0.5, 0.6) is 0 Å². The molecule has 1 fully saturated rings. The highest BCUT2D eigenvalue weighted by molar-refractivity contribution is 7.89. The van der Waals surface area contributed by atoms with Crippen molar-refractivity contribution in [2.24, 2.45) is 0 Å². The highest BCUT2D eigenvalue weighted by Gasteiger charge is 2.27.